The number of nitrogens with zero attached hydrogens (tertiary/aromatic N) is 1. The summed E-state index contributed by atoms with van der Waals surface area (Å²) in [4.78, 5) is 27.0. The van der Waals surface area contributed by atoms with Crippen molar-refractivity contribution in [3.63, 3.8) is 0 Å². The zero-order chi connectivity index (χ0) is 19.8. The maximum atomic E-state index is 12.8. The van der Waals surface area contributed by atoms with E-state index in [0.29, 0.717) is 39.1 Å². The summed E-state index contributed by atoms with van der Waals surface area (Å²) in [6.45, 7) is 2.61. The van der Waals surface area contributed by atoms with E-state index in [1.54, 1.807) is 0 Å². The first-order valence-corrected chi connectivity index (χ1v) is 11.3. The average Bonchev–Trinajstić information content (AvgIpc) is 2.68. The van der Waals surface area contributed by atoms with Crippen molar-refractivity contribution in [3.8, 4) is 0 Å². The van der Waals surface area contributed by atoms with E-state index in [0.717, 1.165) is 29.0 Å². The molecule has 0 atom stereocenters. The van der Waals surface area contributed by atoms with Crippen molar-refractivity contribution in [2.45, 2.75) is 51.4 Å². The number of hydrogen-bond donors (Lipinski definition) is 1. The van der Waals surface area contributed by atoms with Crippen LogP contribution in [-0.4, -0.2) is 43.0 Å². The van der Waals surface area contributed by atoms with Gasteiger partial charge in [0.15, 0.2) is 0 Å². The molecule has 1 N–H and O–H groups in total. The monoisotopic (exact) mass is 396 g/mol. The van der Waals surface area contributed by atoms with Crippen molar-refractivity contribution in [1.29, 1.82) is 0 Å². The van der Waals surface area contributed by atoms with Gasteiger partial charge in [-0.3, -0.25) is 9.59 Å². The van der Waals surface area contributed by atoms with Gasteiger partial charge in [-0.05, 0) is 79.4 Å². The third kappa shape index (κ3) is 4.20. The van der Waals surface area contributed by atoms with E-state index in [2.05, 4.69) is 5.32 Å². The summed E-state index contributed by atoms with van der Waals surface area (Å²) in [6, 6.07) is 7.77. The Balaban J connectivity index is 1.15. The second kappa shape index (κ2) is 7.75. The predicted octanol–water partition coefficient (Wildman–Crippen LogP) is 3.63. The van der Waals surface area contributed by atoms with Gasteiger partial charge in [0.2, 0.25) is 11.8 Å². The lowest BCUT2D eigenvalue weighted by molar-refractivity contribution is -0.134. The summed E-state index contributed by atoms with van der Waals surface area (Å²) in [6.07, 6.45) is 9.08. The summed E-state index contributed by atoms with van der Waals surface area (Å²) in [5, 5.41) is 3.11. The Morgan fingerprint density at radius 2 is 1.55 bits per heavy atom. The van der Waals surface area contributed by atoms with Crippen LogP contribution in [0.1, 0.15) is 50.5 Å². The lowest BCUT2D eigenvalue weighted by Crippen LogP contribution is -2.47. The van der Waals surface area contributed by atoms with Gasteiger partial charge in [0.1, 0.15) is 0 Å². The molecule has 4 saturated carbocycles. The molecule has 1 aliphatic heterocycles. The summed E-state index contributed by atoms with van der Waals surface area (Å²) in [7, 11) is 0. The van der Waals surface area contributed by atoms with E-state index in [4.69, 9.17) is 4.74 Å². The van der Waals surface area contributed by atoms with Gasteiger partial charge in [-0.2, -0.15) is 0 Å². The minimum atomic E-state index is 0.145. The Labute approximate surface area is 173 Å². The molecule has 29 heavy (non-hydrogen) atoms. The minimum Gasteiger partial charge on any atom is -0.378 e. The number of amides is 2. The molecule has 1 saturated heterocycles. The first-order valence-electron chi connectivity index (χ1n) is 11.3. The third-order valence-electron chi connectivity index (χ3n) is 7.66. The smallest absolute Gasteiger partial charge is 0.227 e. The molecular weight excluding hydrogens is 364 g/mol. The molecule has 5 fully saturated rings. The van der Waals surface area contributed by atoms with Gasteiger partial charge in [0.25, 0.3) is 0 Å². The van der Waals surface area contributed by atoms with Crippen LogP contribution in [0.4, 0.5) is 5.69 Å². The molecule has 6 rings (SSSR count). The molecule has 1 aromatic carbocycles. The number of carbonyl (C=O) groups is 2. The van der Waals surface area contributed by atoms with Gasteiger partial charge < -0.3 is 15.0 Å². The largest absolute Gasteiger partial charge is 0.378 e. The first kappa shape index (κ1) is 19.1. The number of benzene rings is 1. The van der Waals surface area contributed by atoms with Crippen molar-refractivity contribution in [3.05, 3.63) is 29.8 Å². The van der Waals surface area contributed by atoms with Crippen molar-refractivity contribution >= 4 is 17.5 Å². The zero-order valence-corrected chi connectivity index (χ0v) is 17.2. The van der Waals surface area contributed by atoms with Gasteiger partial charge in [-0.1, -0.05) is 12.1 Å². The standard InChI is InChI=1S/C24H32N2O3/c27-22(16-24-13-18-9-19(14-24)11-20(10-18)15-24)25-21-3-1-17(2-4-21)12-23(28)26-5-7-29-8-6-26/h1-4,18-20H,5-16H2,(H,25,27). The number of nitrogens with one attached hydrogen (secondary N) is 1. The molecule has 5 nitrogen and oxygen atoms in total. The lowest BCUT2D eigenvalue weighted by Gasteiger charge is -2.56. The summed E-state index contributed by atoms with van der Waals surface area (Å²) in [5.41, 5.74) is 2.09. The molecule has 1 heterocycles. The number of anilines is 1. The molecule has 5 heteroatoms. The fourth-order valence-corrected chi connectivity index (χ4v) is 6.86. The Morgan fingerprint density at radius 3 is 2.14 bits per heavy atom. The fourth-order valence-electron chi connectivity index (χ4n) is 6.86. The quantitative estimate of drug-likeness (QED) is 0.827. The van der Waals surface area contributed by atoms with Gasteiger partial charge in [-0.25, -0.2) is 0 Å². The van der Waals surface area contributed by atoms with Crippen LogP contribution < -0.4 is 5.32 Å². The maximum Gasteiger partial charge on any atom is 0.227 e. The highest BCUT2D eigenvalue weighted by Gasteiger charge is 2.51. The van der Waals surface area contributed by atoms with E-state index in [1.165, 1.54) is 38.5 Å². The van der Waals surface area contributed by atoms with E-state index < -0.39 is 0 Å². The molecule has 156 valence electrons. The number of hydrogen-bond acceptors (Lipinski definition) is 3. The van der Waals surface area contributed by atoms with Crippen LogP contribution >= 0.6 is 0 Å². The second-order valence-corrected chi connectivity index (χ2v) is 10.0. The number of rotatable bonds is 5. The van der Waals surface area contributed by atoms with Crippen molar-refractivity contribution < 1.29 is 14.3 Å². The Hall–Kier alpha value is -1.88. The SMILES string of the molecule is O=C(CC12CC3CC(CC(C3)C1)C2)Nc1ccc(CC(=O)N2CCOCC2)cc1. The maximum absolute atomic E-state index is 12.8. The van der Waals surface area contributed by atoms with Crippen LogP contribution in [0, 0.1) is 23.2 Å². The van der Waals surface area contributed by atoms with Gasteiger partial charge in [-0.15, -0.1) is 0 Å². The molecule has 5 aliphatic rings. The minimum absolute atomic E-state index is 0.145. The Morgan fingerprint density at radius 1 is 0.966 bits per heavy atom. The van der Waals surface area contributed by atoms with Crippen LogP contribution in [0.5, 0.6) is 0 Å². The highest BCUT2D eigenvalue weighted by Crippen LogP contribution is 2.61. The number of morpholine rings is 1. The molecule has 0 spiro atoms. The van der Waals surface area contributed by atoms with Crippen LogP contribution in [0.2, 0.25) is 0 Å². The molecule has 2 amide bonds. The van der Waals surface area contributed by atoms with E-state index in [1.807, 2.05) is 29.2 Å². The topological polar surface area (TPSA) is 58.6 Å². The van der Waals surface area contributed by atoms with E-state index in [-0.39, 0.29) is 17.2 Å². The second-order valence-electron chi connectivity index (χ2n) is 10.0. The van der Waals surface area contributed by atoms with Crippen LogP contribution in [0.15, 0.2) is 24.3 Å². The van der Waals surface area contributed by atoms with Crippen molar-refractivity contribution in [2.24, 2.45) is 23.2 Å². The van der Waals surface area contributed by atoms with Gasteiger partial charge >= 0.3 is 0 Å². The Bertz CT molecular complexity index is 732. The lowest BCUT2D eigenvalue weighted by atomic mass is 9.49. The normalized spacial score (nSPS) is 33.0. The van der Waals surface area contributed by atoms with E-state index in [9.17, 15) is 9.59 Å². The molecule has 0 radical (unpaired) electrons. The average molecular weight is 397 g/mol. The van der Waals surface area contributed by atoms with Crippen molar-refractivity contribution in [2.75, 3.05) is 31.6 Å². The fraction of sp³-hybridized carbons (Fsp3) is 0.667. The van der Waals surface area contributed by atoms with Crippen LogP contribution in [0.25, 0.3) is 0 Å². The molecular formula is C24H32N2O3. The molecule has 4 aliphatic carbocycles. The molecule has 0 unspecified atom stereocenters. The van der Waals surface area contributed by atoms with Gasteiger partial charge in [0, 0.05) is 25.2 Å². The zero-order valence-electron chi connectivity index (χ0n) is 17.2. The van der Waals surface area contributed by atoms with Crippen LogP contribution in [0.3, 0.4) is 0 Å². The summed E-state index contributed by atoms with van der Waals surface area (Å²) < 4.78 is 5.31. The first-order chi connectivity index (χ1) is 14.1. The van der Waals surface area contributed by atoms with Crippen molar-refractivity contribution in [1.82, 2.24) is 4.90 Å². The van der Waals surface area contributed by atoms with E-state index >= 15 is 0 Å². The predicted molar refractivity (Wildman–Crippen MR) is 111 cm³/mol. The third-order valence-corrected chi connectivity index (χ3v) is 7.66. The highest BCUT2D eigenvalue weighted by atomic mass is 16.5. The molecule has 0 aromatic heterocycles. The number of carbonyl (C=O) groups excluding carboxylic acids is 2. The van der Waals surface area contributed by atoms with Gasteiger partial charge in [0.05, 0.1) is 19.6 Å². The summed E-state index contributed by atoms with van der Waals surface area (Å²) >= 11 is 0. The van der Waals surface area contributed by atoms with Crippen LogP contribution in [-0.2, 0) is 20.7 Å². The number of ether oxygens (including phenoxy) is 1. The molecule has 4 bridgehead atoms. The molecule has 1 aromatic rings. The summed E-state index contributed by atoms with van der Waals surface area (Å²) in [5.74, 6) is 2.92. The highest BCUT2D eigenvalue weighted by molar-refractivity contribution is 5.91. The Kier molecular flexibility index (Phi) is 5.10.